The van der Waals surface area contributed by atoms with Crippen molar-refractivity contribution in [1.82, 2.24) is 0 Å². The van der Waals surface area contributed by atoms with Crippen LogP contribution in [0, 0.1) is 5.92 Å². The van der Waals surface area contributed by atoms with Crippen LogP contribution in [0.25, 0.3) is 0 Å². The highest BCUT2D eigenvalue weighted by Gasteiger charge is 2.09. The van der Waals surface area contributed by atoms with Gasteiger partial charge in [-0.25, -0.2) is 0 Å². The molecule has 0 spiro atoms. The number of thioether (sulfide) groups is 1. The van der Waals surface area contributed by atoms with Gasteiger partial charge in [0.15, 0.2) is 0 Å². The van der Waals surface area contributed by atoms with Gasteiger partial charge < -0.3 is 4.42 Å². The monoisotopic (exact) mass is 212 g/mol. The van der Waals surface area contributed by atoms with E-state index in [9.17, 15) is 0 Å². The van der Waals surface area contributed by atoms with Gasteiger partial charge in [0.1, 0.15) is 6.26 Å². The predicted octanol–water partition coefficient (Wildman–Crippen LogP) is 4.54. The van der Waals surface area contributed by atoms with Crippen LogP contribution in [-0.4, -0.2) is 5.75 Å². The maximum absolute atomic E-state index is 5.24. The normalized spacial score (nSPS) is 11.6. The summed E-state index contributed by atoms with van der Waals surface area (Å²) in [6, 6.07) is 0. The molecular weight excluding hydrogens is 192 g/mol. The minimum atomic E-state index is 0.565. The van der Waals surface area contributed by atoms with E-state index in [-0.39, 0.29) is 0 Å². The first kappa shape index (κ1) is 11.7. The molecule has 0 atom stereocenters. The first-order valence-corrected chi connectivity index (χ1v) is 6.28. The summed E-state index contributed by atoms with van der Waals surface area (Å²) in [4.78, 5) is 1.32. The highest BCUT2D eigenvalue weighted by molar-refractivity contribution is 7.99. The van der Waals surface area contributed by atoms with Gasteiger partial charge in [-0.2, -0.15) is 0 Å². The minimum Gasteiger partial charge on any atom is -0.471 e. The molecule has 1 nitrogen and oxygen atoms in total. The van der Waals surface area contributed by atoms with Crippen LogP contribution in [0.15, 0.2) is 21.8 Å². The van der Waals surface area contributed by atoms with Crippen LogP contribution >= 0.6 is 11.8 Å². The van der Waals surface area contributed by atoms with Gasteiger partial charge in [0, 0.05) is 10.5 Å². The average molecular weight is 212 g/mol. The summed E-state index contributed by atoms with van der Waals surface area (Å²) in [5.74, 6) is 2.55. The van der Waals surface area contributed by atoms with Crippen LogP contribution < -0.4 is 0 Å². The molecule has 0 radical (unpaired) electrons. The Kier molecular flexibility index (Phi) is 4.59. The van der Waals surface area contributed by atoms with Crippen molar-refractivity contribution >= 4 is 11.8 Å². The molecule has 0 aromatic carbocycles. The first-order valence-electron chi connectivity index (χ1n) is 5.30. The number of furan rings is 1. The third kappa shape index (κ3) is 3.41. The predicted molar refractivity (Wildman–Crippen MR) is 63.0 cm³/mol. The molecule has 1 aromatic heterocycles. The Morgan fingerprint density at radius 1 is 1.21 bits per heavy atom. The fraction of sp³-hybridized carbons (Fsp3) is 0.667. The van der Waals surface area contributed by atoms with E-state index in [1.54, 1.807) is 0 Å². The summed E-state index contributed by atoms with van der Waals surface area (Å²) in [5, 5.41) is 0. The number of rotatable bonds is 5. The zero-order valence-corrected chi connectivity index (χ0v) is 10.4. The quantitative estimate of drug-likeness (QED) is 0.665. The Hall–Kier alpha value is -0.370. The Morgan fingerprint density at radius 3 is 2.50 bits per heavy atom. The molecule has 0 aliphatic carbocycles. The smallest absolute Gasteiger partial charge is 0.104 e. The van der Waals surface area contributed by atoms with E-state index >= 15 is 0 Å². The minimum absolute atomic E-state index is 0.565. The Balaban J connectivity index is 2.46. The summed E-state index contributed by atoms with van der Waals surface area (Å²) >= 11 is 1.92. The van der Waals surface area contributed by atoms with Crippen molar-refractivity contribution < 1.29 is 4.42 Å². The van der Waals surface area contributed by atoms with Gasteiger partial charge in [-0.15, -0.1) is 11.8 Å². The van der Waals surface area contributed by atoms with E-state index in [2.05, 4.69) is 27.7 Å². The van der Waals surface area contributed by atoms with Crippen molar-refractivity contribution in [2.75, 3.05) is 5.75 Å². The Morgan fingerprint density at radius 2 is 1.93 bits per heavy atom. The molecule has 80 valence electrons. The lowest BCUT2D eigenvalue weighted by Gasteiger charge is -2.06. The summed E-state index contributed by atoms with van der Waals surface area (Å²) in [6.45, 7) is 8.94. The first-order chi connectivity index (χ1) is 6.61. The zero-order valence-electron chi connectivity index (χ0n) is 9.54. The van der Waals surface area contributed by atoms with E-state index in [4.69, 9.17) is 4.42 Å². The lowest BCUT2D eigenvalue weighted by Crippen LogP contribution is -1.91. The lowest BCUT2D eigenvalue weighted by molar-refractivity contribution is 0.558. The second-order valence-corrected chi connectivity index (χ2v) is 5.51. The molecule has 0 saturated carbocycles. The molecule has 0 fully saturated rings. The summed E-state index contributed by atoms with van der Waals surface area (Å²) in [5.41, 5.74) is 1.35. The fourth-order valence-corrected chi connectivity index (χ4v) is 2.62. The molecule has 0 unspecified atom stereocenters. The maximum atomic E-state index is 5.24. The molecule has 14 heavy (non-hydrogen) atoms. The molecule has 1 heterocycles. The van der Waals surface area contributed by atoms with Crippen molar-refractivity contribution in [3.63, 3.8) is 0 Å². The van der Waals surface area contributed by atoms with Crippen molar-refractivity contribution in [3.8, 4) is 0 Å². The molecule has 0 aliphatic heterocycles. The standard InChI is InChI=1S/C12H20OS/c1-9(2)5-6-14-12-8-13-7-11(12)10(3)4/h7-10H,5-6H2,1-4H3. The van der Waals surface area contributed by atoms with Crippen LogP contribution in [0.1, 0.15) is 45.6 Å². The molecule has 0 N–H and O–H groups in total. The molecule has 0 amide bonds. The van der Waals surface area contributed by atoms with Crippen LogP contribution in [-0.2, 0) is 0 Å². The Bertz CT molecular complexity index is 263. The maximum Gasteiger partial charge on any atom is 0.104 e. The van der Waals surface area contributed by atoms with Gasteiger partial charge in [0.05, 0.1) is 6.26 Å². The van der Waals surface area contributed by atoms with E-state index < -0.39 is 0 Å². The van der Waals surface area contributed by atoms with E-state index in [1.165, 1.54) is 22.6 Å². The van der Waals surface area contributed by atoms with E-state index in [1.807, 2.05) is 24.3 Å². The van der Waals surface area contributed by atoms with Gasteiger partial charge in [-0.3, -0.25) is 0 Å². The van der Waals surface area contributed by atoms with E-state index in [0.29, 0.717) is 5.92 Å². The highest BCUT2D eigenvalue weighted by atomic mass is 32.2. The number of hydrogen-bond acceptors (Lipinski definition) is 2. The largest absolute Gasteiger partial charge is 0.471 e. The molecule has 1 aromatic rings. The molecule has 1 rings (SSSR count). The molecule has 0 saturated heterocycles. The topological polar surface area (TPSA) is 13.1 Å². The average Bonchev–Trinajstić information content (AvgIpc) is 2.51. The van der Waals surface area contributed by atoms with Crippen LogP contribution in [0.3, 0.4) is 0 Å². The summed E-state index contributed by atoms with van der Waals surface area (Å²) in [7, 11) is 0. The van der Waals surface area contributed by atoms with Crippen molar-refractivity contribution in [2.45, 2.75) is 44.9 Å². The van der Waals surface area contributed by atoms with Crippen LogP contribution in [0.4, 0.5) is 0 Å². The van der Waals surface area contributed by atoms with Gasteiger partial charge >= 0.3 is 0 Å². The van der Waals surface area contributed by atoms with Crippen LogP contribution in [0.2, 0.25) is 0 Å². The Labute approximate surface area is 91.3 Å². The van der Waals surface area contributed by atoms with Gasteiger partial charge in [-0.05, 0) is 24.0 Å². The van der Waals surface area contributed by atoms with Gasteiger partial charge in [-0.1, -0.05) is 27.7 Å². The van der Waals surface area contributed by atoms with Crippen molar-refractivity contribution in [2.24, 2.45) is 5.92 Å². The van der Waals surface area contributed by atoms with E-state index in [0.717, 1.165) is 5.92 Å². The summed E-state index contributed by atoms with van der Waals surface area (Å²) < 4.78 is 5.24. The molecule has 2 heteroatoms. The van der Waals surface area contributed by atoms with Crippen molar-refractivity contribution in [3.05, 3.63) is 18.1 Å². The third-order valence-electron chi connectivity index (χ3n) is 2.23. The molecule has 0 aliphatic rings. The SMILES string of the molecule is CC(C)CCSc1cocc1C(C)C. The number of hydrogen-bond donors (Lipinski definition) is 0. The van der Waals surface area contributed by atoms with Crippen LogP contribution in [0.5, 0.6) is 0 Å². The fourth-order valence-electron chi connectivity index (χ4n) is 1.24. The van der Waals surface area contributed by atoms with Gasteiger partial charge in [0.25, 0.3) is 0 Å². The zero-order chi connectivity index (χ0) is 10.6. The third-order valence-corrected chi connectivity index (χ3v) is 3.31. The summed E-state index contributed by atoms with van der Waals surface area (Å²) in [6.07, 6.45) is 5.02. The van der Waals surface area contributed by atoms with Gasteiger partial charge in [0.2, 0.25) is 0 Å². The molecular formula is C12H20OS. The second kappa shape index (κ2) is 5.50. The molecule has 0 bridgehead atoms. The van der Waals surface area contributed by atoms with Crippen molar-refractivity contribution in [1.29, 1.82) is 0 Å². The highest BCUT2D eigenvalue weighted by Crippen LogP contribution is 2.30. The second-order valence-electron chi connectivity index (χ2n) is 4.38. The lowest BCUT2D eigenvalue weighted by atomic mass is 10.1.